The molecule has 0 aliphatic heterocycles. The first-order valence-corrected chi connectivity index (χ1v) is 8.18. The van der Waals surface area contributed by atoms with Gasteiger partial charge >= 0.3 is 0 Å². The minimum Gasteiger partial charge on any atom is -0.316 e. The Morgan fingerprint density at radius 3 is 2.25 bits per heavy atom. The van der Waals surface area contributed by atoms with Crippen LogP contribution in [-0.4, -0.2) is 14.8 Å². The number of rotatable bonds is 3. The molecule has 1 heterocycles. The molecule has 0 fully saturated rings. The van der Waals surface area contributed by atoms with Crippen molar-refractivity contribution >= 4 is 11.4 Å². The monoisotopic (exact) mass is 539 g/mol. The average Bonchev–Trinajstić information content (AvgIpc) is 3.19. The molecule has 0 saturated heterocycles. The first-order chi connectivity index (χ1) is 13.3. The topological polar surface area (TPSA) is 39.4 Å². The molecule has 1 radical (unpaired) electrons. The summed E-state index contributed by atoms with van der Waals surface area (Å²) in [5.74, 6) is 1.22. The van der Waals surface area contributed by atoms with Gasteiger partial charge in [-0.15, -0.1) is 28.9 Å². The van der Waals surface area contributed by atoms with Crippen molar-refractivity contribution in [2.45, 2.75) is 0 Å². The number of nitrogens with zero attached hydrogens (tertiary/aromatic N) is 5. The number of hydrogen-bond donors (Lipinski definition) is 0. The van der Waals surface area contributed by atoms with Crippen molar-refractivity contribution in [3.8, 4) is 28.5 Å². The third-order valence-electron chi connectivity index (χ3n) is 4.07. The fourth-order valence-corrected chi connectivity index (χ4v) is 2.83. The third kappa shape index (κ3) is 3.61. The van der Waals surface area contributed by atoms with Gasteiger partial charge < -0.3 is 4.57 Å². The van der Waals surface area contributed by atoms with Gasteiger partial charge in [-0.2, -0.15) is 11.2 Å². The Labute approximate surface area is 176 Å². The number of aromatic nitrogens is 3. The van der Waals surface area contributed by atoms with E-state index in [2.05, 4.69) is 26.0 Å². The molecule has 135 valence electrons. The zero-order chi connectivity index (χ0) is 18.6. The summed E-state index contributed by atoms with van der Waals surface area (Å²) in [7, 11) is 0. The predicted octanol–water partition coefficient (Wildman–Crippen LogP) is 5.50. The van der Waals surface area contributed by atoms with Gasteiger partial charge in [0.05, 0.1) is 19.0 Å². The molecule has 5 nitrogen and oxygen atoms in total. The quantitative estimate of drug-likeness (QED) is 0.323. The van der Waals surface area contributed by atoms with Crippen LogP contribution in [0.2, 0.25) is 0 Å². The van der Waals surface area contributed by atoms with Crippen LogP contribution in [0.5, 0.6) is 0 Å². The van der Waals surface area contributed by atoms with E-state index < -0.39 is 0 Å². The molecule has 4 aromatic rings. The van der Waals surface area contributed by atoms with E-state index in [0.29, 0.717) is 28.6 Å². The predicted molar refractivity (Wildman–Crippen MR) is 104 cm³/mol. The van der Waals surface area contributed by atoms with Crippen molar-refractivity contribution in [3.05, 3.63) is 102 Å². The molecule has 28 heavy (non-hydrogen) atoms. The van der Waals surface area contributed by atoms with E-state index in [1.54, 1.807) is 30.3 Å². The van der Waals surface area contributed by atoms with Gasteiger partial charge in [0.25, 0.3) is 0 Å². The molecule has 0 spiro atoms. The molecule has 0 aliphatic rings. The van der Waals surface area contributed by atoms with Gasteiger partial charge in [0.15, 0.2) is 11.5 Å². The maximum absolute atomic E-state index is 7.25. The molecule has 0 N–H and O–H groups in total. The van der Waals surface area contributed by atoms with Crippen LogP contribution in [0.15, 0.2) is 72.8 Å². The van der Waals surface area contributed by atoms with Crippen LogP contribution in [0.25, 0.3) is 38.2 Å². The summed E-state index contributed by atoms with van der Waals surface area (Å²) in [6, 6.07) is 25.4. The van der Waals surface area contributed by atoms with Crippen molar-refractivity contribution in [2.75, 3.05) is 0 Å². The van der Waals surface area contributed by atoms with Gasteiger partial charge in [0, 0.05) is 31.4 Å². The molecule has 0 saturated carbocycles. The van der Waals surface area contributed by atoms with Crippen molar-refractivity contribution in [1.82, 2.24) is 14.8 Å². The first kappa shape index (κ1) is 19.2. The minimum absolute atomic E-state index is 0. The smallest absolute Gasteiger partial charge is 0.187 e. The van der Waals surface area contributed by atoms with Crippen molar-refractivity contribution in [1.29, 1.82) is 0 Å². The molecule has 0 amide bonds. The molecule has 1 aromatic heterocycles. The molecule has 0 unspecified atom stereocenters. The van der Waals surface area contributed by atoms with Gasteiger partial charge in [-0.25, -0.2) is 4.85 Å². The SMILES string of the molecule is [C-]#[N+]c1cc[c-]c(-c2nnc(-c3cccc([N+]#[C-])c3)n2-c2ccccc2)c1.[Ir]. The van der Waals surface area contributed by atoms with E-state index in [1.165, 1.54) is 0 Å². The molecular formula is C22H12IrN5-. The zero-order valence-corrected chi connectivity index (χ0v) is 16.9. The van der Waals surface area contributed by atoms with E-state index in [1.807, 2.05) is 47.0 Å². The summed E-state index contributed by atoms with van der Waals surface area (Å²) in [5, 5.41) is 8.75. The van der Waals surface area contributed by atoms with E-state index in [9.17, 15) is 0 Å². The Bertz CT molecular complexity index is 1120. The van der Waals surface area contributed by atoms with Crippen LogP contribution in [0.1, 0.15) is 0 Å². The third-order valence-corrected chi connectivity index (χ3v) is 4.07. The van der Waals surface area contributed by atoms with Crippen LogP contribution in [-0.2, 0) is 20.1 Å². The fraction of sp³-hybridized carbons (Fsp3) is 0. The maximum atomic E-state index is 7.25. The maximum Gasteiger partial charge on any atom is 0.187 e. The van der Waals surface area contributed by atoms with Gasteiger partial charge in [-0.05, 0) is 18.2 Å². The summed E-state index contributed by atoms with van der Waals surface area (Å²) < 4.78 is 1.92. The Kier molecular flexibility index (Phi) is 5.77. The Balaban J connectivity index is 0.00000225. The Hall–Kier alpha value is -3.57. The average molecular weight is 539 g/mol. The molecule has 6 heteroatoms. The van der Waals surface area contributed by atoms with Crippen molar-refractivity contribution < 1.29 is 20.1 Å². The van der Waals surface area contributed by atoms with Crippen molar-refractivity contribution in [3.63, 3.8) is 0 Å². The molecule has 3 aromatic carbocycles. The van der Waals surface area contributed by atoms with Crippen molar-refractivity contribution in [2.24, 2.45) is 0 Å². The molecule has 0 atom stereocenters. The number of benzene rings is 3. The summed E-state index contributed by atoms with van der Waals surface area (Å²) >= 11 is 0. The van der Waals surface area contributed by atoms with Crippen LogP contribution < -0.4 is 0 Å². The van der Waals surface area contributed by atoms with Crippen LogP contribution in [0.4, 0.5) is 11.4 Å². The van der Waals surface area contributed by atoms with E-state index >= 15 is 0 Å². The fourth-order valence-electron chi connectivity index (χ4n) is 2.83. The minimum atomic E-state index is 0. The summed E-state index contributed by atoms with van der Waals surface area (Å²) in [6.45, 7) is 14.5. The zero-order valence-electron chi connectivity index (χ0n) is 14.5. The van der Waals surface area contributed by atoms with Crippen LogP contribution in [0.3, 0.4) is 0 Å². The second-order valence-electron chi connectivity index (χ2n) is 5.75. The molecule has 0 bridgehead atoms. The summed E-state index contributed by atoms with van der Waals surface area (Å²) in [6.07, 6.45) is 0. The Morgan fingerprint density at radius 1 is 0.786 bits per heavy atom. The molecular weight excluding hydrogens is 526 g/mol. The van der Waals surface area contributed by atoms with Gasteiger partial charge in [0.2, 0.25) is 0 Å². The summed E-state index contributed by atoms with van der Waals surface area (Å²) in [5.41, 5.74) is 3.43. The summed E-state index contributed by atoms with van der Waals surface area (Å²) in [4.78, 5) is 6.99. The number of para-hydroxylation sites is 1. The first-order valence-electron chi connectivity index (χ1n) is 8.18. The van der Waals surface area contributed by atoms with Crippen LogP contribution in [0, 0.1) is 19.2 Å². The van der Waals surface area contributed by atoms with E-state index in [4.69, 9.17) is 13.1 Å². The van der Waals surface area contributed by atoms with Gasteiger partial charge in [-0.3, -0.25) is 4.85 Å². The second kappa shape index (κ2) is 8.41. The van der Waals surface area contributed by atoms with E-state index in [-0.39, 0.29) is 20.1 Å². The van der Waals surface area contributed by atoms with E-state index in [0.717, 1.165) is 11.3 Å². The molecule has 0 aliphatic carbocycles. The molecule has 4 rings (SSSR count). The van der Waals surface area contributed by atoms with Crippen LogP contribution >= 0.6 is 0 Å². The normalized spacial score (nSPS) is 9.79. The van der Waals surface area contributed by atoms with Gasteiger partial charge in [0.1, 0.15) is 5.69 Å². The largest absolute Gasteiger partial charge is 0.316 e. The number of hydrogen-bond acceptors (Lipinski definition) is 2. The standard InChI is InChI=1S/C22H12N5.Ir/c1-23-18-10-6-8-16(14-18)21-25-26-22(17-9-7-11-19(15-17)24-2)27(21)20-12-4-3-5-13-20;/h3-8,10-15H;/q-1;. The second-order valence-corrected chi connectivity index (χ2v) is 5.75. The Morgan fingerprint density at radius 2 is 1.50 bits per heavy atom. The van der Waals surface area contributed by atoms with Gasteiger partial charge in [-0.1, -0.05) is 36.4 Å².